The van der Waals surface area contributed by atoms with Gasteiger partial charge in [0.25, 0.3) is 5.91 Å². The van der Waals surface area contributed by atoms with Crippen molar-refractivity contribution in [3.05, 3.63) is 72.3 Å². The van der Waals surface area contributed by atoms with E-state index in [2.05, 4.69) is 5.32 Å². The lowest BCUT2D eigenvalue weighted by molar-refractivity contribution is -0.124. The van der Waals surface area contributed by atoms with Crippen LogP contribution in [0.3, 0.4) is 0 Å². The van der Waals surface area contributed by atoms with E-state index in [1.165, 1.54) is 11.6 Å². The quantitative estimate of drug-likeness (QED) is 0.292. The molecular formula is C21H24N2O6. The van der Waals surface area contributed by atoms with E-state index in [-0.39, 0.29) is 13.2 Å². The predicted octanol–water partition coefficient (Wildman–Crippen LogP) is 3.05. The summed E-state index contributed by atoms with van der Waals surface area (Å²) in [7, 11) is 0. The molecule has 8 heteroatoms. The first-order valence-electron chi connectivity index (χ1n) is 9.02. The number of aliphatic hydroxyl groups is 1. The average molecular weight is 400 g/mol. The minimum absolute atomic E-state index is 0.0804. The highest BCUT2D eigenvalue weighted by atomic mass is 16.6. The Morgan fingerprint density at radius 2 is 1.79 bits per heavy atom. The predicted molar refractivity (Wildman–Crippen MR) is 107 cm³/mol. The van der Waals surface area contributed by atoms with Crippen molar-refractivity contribution in [1.82, 2.24) is 5.48 Å². The van der Waals surface area contributed by atoms with E-state index < -0.39 is 24.0 Å². The summed E-state index contributed by atoms with van der Waals surface area (Å²) in [6, 6.07) is 15.8. The number of ether oxygens (including phenoxy) is 2. The number of benzene rings is 2. The molecule has 0 aliphatic rings. The van der Waals surface area contributed by atoms with Crippen LogP contribution in [0, 0.1) is 5.92 Å². The zero-order chi connectivity index (χ0) is 21.1. The Bertz CT molecular complexity index is 825. The van der Waals surface area contributed by atoms with Crippen molar-refractivity contribution in [2.24, 2.45) is 5.92 Å². The number of carbonyl (C=O) groups is 2. The third kappa shape index (κ3) is 6.95. The van der Waals surface area contributed by atoms with Crippen molar-refractivity contribution in [3.63, 3.8) is 0 Å². The molecule has 0 radical (unpaired) electrons. The Morgan fingerprint density at radius 3 is 2.48 bits per heavy atom. The van der Waals surface area contributed by atoms with Gasteiger partial charge in [0.1, 0.15) is 18.5 Å². The number of rotatable bonds is 9. The van der Waals surface area contributed by atoms with Gasteiger partial charge in [-0.05, 0) is 18.2 Å². The number of amides is 2. The lowest BCUT2D eigenvalue weighted by atomic mass is 9.96. The Hall–Kier alpha value is -3.36. The van der Waals surface area contributed by atoms with Crippen LogP contribution in [-0.2, 0) is 9.53 Å². The third-order valence-electron chi connectivity index (χ3n) is 3.97. The molecule has 2 aromatic rings. The van der Waals surface area contributed by atoms with E-state index in [9.17, 15) is 9.59 Å². The zero-order valence-corrected chi connectivity index (χ0v) is 15.9. The van der Waals surface area contributed by atoms with Gasteiger partial charge in [-0.2, -0.15) is 0 Å². The van der Waals surface area contributed by atoms with E-state index in [0.29, 0.717) is 17.0 Å². The average Bonchev–Trinajstić information content (AvgIpc) is 2.75. The summed E-state index contributed by atoms with van der Waals surface area (Å²) in [4.78, 5) is 23.8. The number of nitrogens with one attached hydrogen (secondary N) is 2. The summed E-state index contributed by atoms with van der Waals surface area (Å²) < 4.78 is 11.2. The van der Waals surface area contributed by atoms with Crippen LogP contribution in [-0.4, -0.2) is 35.5 Å². The van der Waals surface area contributed by atoms with Crippen LogP contribution in [0.5, 0.6) is 5.75 Å². The lowest BCUT2D eigenvalue weighted by Crippen LogP contribution is -2.22. The van der Waals surface area contributed by atoms with Gasteiger partial charge in [0.15, 0.2) is 0 Å². The minimum Gasteiger partial charge on any atom is -0.491 e. The minimum atomic E-state index is -0.795. The summed E-state index contributed by atoms with van der Waals surface area (Å²) in [5.41, 5.74) is 2.66. The highest BCUT2D eigenvalue weighted by Crippen LogP contribution is 2.34. The highest BCUT2D eigenvalue weighted by Gasteiger charge is 2.25. The summed E-state index contributed by atoms with van der Waals surface area (Å²) in [6.45, 7) is 1.67. The second kappa shape index (κ2) is 11.5. The molecule has 0 aliphatic carbocycles. The second-order valence-corrected chi connectivity index (χ2v) is 6.12. The maximum absolute atomic E-state index is 12.5. The van der Waals surface area contributed by atoms with Crippen molar-refractivity contribution in [1.29, 1.82) is 0 Å². The van der Waals surface area contributed by atoms with Gasteiger partial charge in [0, 0.05) is 23.2 Å². The second-order valence-electron chi connectivity index (χ2n) is 6.12. The van der Waals surface area contributed by atoms with Crippen LogP contribution in [0.15, 0.2) is 66.7 Å². The first kappa shape index (κ1) is 21.9. The van der Waals surface area contributed by atoms with Crippen LogP contribution in [0.2, 0.25) is 0 Å². The molecule has 0 heterocycles. The molecule has 0 aromatic heterocycles. The van der Waals surface area contributed by atoms with Gasteiger partial charge in [0.05, 0.1) is 6.61 Å². The lowest BCUT2D eigenvalue weighted by Gasteiger charge is -2.24. The van der Waals surface area contributed by atoms with Gasteiger partial charge in [-0.25, -0.2) is 10.3 Å². The van der Waals surface area contributed by atoms with Crippen LogP contribution in [0.1, 0.15) is 18.6 Å². The van der Waals surface area contributed by atoms with Gasteiger partial charge in [-0.3, -0.25) is 15.3 Å². The van der Waals surface area contributed by atoms with Gasteiger partial charge in [-0.15, -0.1) is 0 Å². The number of aliphatic hydroxyl groups excluding tert-OH is 1. The highest BCUT2D eigenvalue weighted by molar-refractivity contribution is 5.86. The zero-order valence-electron chi connectivity index (χ0n) is 15.9. The number of hydroxylamine groups is 1. The Morgan fingerprint density at radius 1 is 1.10 bits per heavy atom. The topological polar surface area (TPSA) is 117 Å². The van der Waals surface area contributed by atoms with Gasteiger partial charge in [0.2, 0.25) is 0 Å². The van der Waals surface area contributed by atoms with E-state index >= 15 is 0 Å². The number of anilines is 1. The van der Waals surface area contributed by atoms with Crippen molar-refractivity contribution in [3.8, 4) is 5.75 Å². The van der Waals surface area contributed by atoms with Crippen molar-refractivity contribution in [2.45, 2.75) is 13.0 Å². The summed E-state index contributed by atoms with van der Waals surface area (Å²) in [6.07, 6.45) is 1.18. The molecule has 0 spiro atoms. The smallest absolute Gasteiger partial charge is 0.412 e. The summed E-state index contributed by atoms with van der Waals surface area (Å²) in [5, 5.41) is 20.4. The Kier molecular flexibility index (Phi) is 8.68. The van der Waals surface area contributed by atoms with E-state index in [1.807, 2.05) is 6.07 Å². The maximum atomic E-state index is 12.5. The molecule has 2 atom stereocenters. The maximum Gasteiger partial charge on any atom is 0.412 e. The fraction of sp³-hybridized carbons (Fsp3) is 0.238. The molecule has 8 nitrogen and oxygen atoms in total. The SMILES string of the molecule is C[C@H](/C=C/C(=O)NO)[C@@H](OC(=O)Nc1ccccc1)c1ccccc1OCCO. The van der Waals surface area contributed by atoms with Crippen LogP contribution in [0.25, 0.3) is 0 Å². The van der Waals surface area contributed by atoms with Crippen molar-refractivity contribution in [2.75, 3.05) is 18.5 Å². The molecule has 0 aliphatic heterocycles. The monoisotopic (exact) mass is 400 g/mol. The number of hydrogen-bond acceptors (Lipinski definition) is 6. The Balaban J connectivity index is 2.27. The van der Waals surface area contributed by atoms with Crippen molar-refractivity contribution >= 4 is 17.7 Å². The summed E-state index contributed by atoms with van der Waals surface area (Å²) >= 11 is 0. The largest absolute Gasteiger partial charge is 0.491 e. The summed E-state index contributed by atoms with van der Waals surface area (Å²) in [5.74, 6) is -0.687. The van der Waals surface area contributed by atoms with Crippen LogP contribution in [0.4, 0.5) is 10.5 Å². The van der Waals surface area contributed by atoms with Crippen LogP contribution < -0.4 is 15.5 Å². The van der Waals surface area contributed by atoms with E-state index in [4.69, 9.17) is 19.8 Å². The molecular weight excluding hydrogens is 376 g/mol. The van der Waals surface area contributed by atoms with Crippen LogP contribution >= 0.6 is 0 Å². The molecule has 2 rings (SSSR count). The first-order valence-corrected chi connectivity index (χ1v) is 9.02. The molecule has 0 bridgehead atoms. The van der Waals surface area contributed by atoms with Gasteiger partial charge >= 0.3 is 6.09 Å². The van der Waals surface area contributed by atoms with Crippen molar-refractivity contribution < 1.29 is 29.4 Å². The number of carbonyl (C=O) groups excluding carboxylic acids is 2. The number of hydrogen-bond donors (Lipinski definition) is 4. The molecule has 2 amide bonds. The molecule has 154 valence electrons. The molecule has 0 saturated heterocycles. The first-order chi connectivity index (χ1) is 14.0. The van der Waals surface area contributed by atoms with E-state index in [1.54, 1.807) is 55.5 Å². The standard InChI is InChI=1S/C21H24N2O6/c1-15(11-12-19(25)23-27)20(17-9-5-6-10-18(17)28-14-13-24)29-21(26)22-16-7-3-2-4-8-16/h2-12,15,20,24,27H,13-14H2,1H3,(H,22,26)(H,23,25)/b12-11+/t15-,20-/m1/s1. The molecule has 4 N–H and O–H groups in total. The fourth-order valence-corrected chi connectivity index (χ4v) is 2.62. The van der Waals surface area contributed by atoms with Gasteiger partial charge in [-0.1, -0.05) is 49.4 Å². The Labute approximate surface area is 168 Å². The molecule has 29 heavy (non-hydrogen) atoms. The van der Waals surface area contributed by atoms with E-state index in [0.717, 1.165) is 6.08 Å². The molecule has 0 saturated carbocycles. The normalized spacial score (nSPS) is 12.8. The molecule has 0 fully saturated rings. The number of para-hydroxylation sites is 2. The molecule has 2 aromatic carbocycles. The third-order valence-corrected chi connectivity index (χ3v) is 3.97. The molecule has 0 unspecified atom stereocenters. The fourth-order valence-electron chi connectivity index (χ4n) is 2.62. The van der Waals surface area contributed by atoms with Gasteiger partial charge < -0.3 is 14.6 Å².